The smallest absolute Gasteiger partial charge is 0.0991 e. The number of unbranched alkanes of at least 4 members (excludes halogenated alkanes) is 3. The highest BCUT2D eigenvalue weighted by Gasteiger charge is 2.17. The molecule has 0 radical (unpaired) electrons. The van der Waals surface area contributed by atoms with E-state index in [9.17, 15) is 0 Å². The third kappa shape index (κ3) is 4.23. The van der Waals surface area contributed by atoms with Crippen molar-refractivity contribution < 1.29 is 0 Å². The second kappa shape index (κ2) is 7.90. The number of nitrogens with zero attached hydrogens (tertiary/aromatic N) is 1. The van der Waals surface area contributed by atoms with Gasteiger partial charge in [0.05, 0.1) is 11.6 Å². The molecule has 0 unspecified atom stereocenters. The molecule has 1 aliphatic carbocycles. The lowest BCUT2D eigenvalue weighted by Gasteiger charge is -2.24. The van der Waals surface area contributed by atoms with Crippen molar-refractivity contribution in [1.29, 1.82) is 5.26 Å². The molecule has 0 bridgehead atoms. The molecule has 1 aromatic carbocycles. The Balaban J connectivity index is 1.83. The van der Waals surface area contributed by atoms with Gasteiger partial charge in [-0.25, -0.2) is 0 Å². The first kappa shape index (κ1) is 14.9. The number of allylic oxidation sites excluding steroid dienone is 2. The number of nitriles is 1. The molecule has 0 N–H and O–H groups in total. The molecule has 106 valence electrons. The van der Waals surface area contributed by atoms with E-state index < -0.39 is 0 Å². The van der Waals surface area contributed by atoms with Crippen LogP contribution in [-0.2, 0) is 0 Å². The summed E-state index contributed by atoms with van der Waals surface area (Å²) in [5.41, 5.74) is 3.85. The summed E-state index contributed by atoms with van der Waals surface area (Å²) in [6, 6.07) is 10.4. The van der Waals surface area contributed by atoms with Crippen LogP contribution >= 0.6 is 0 Å². The van der Waals surface area contributed by atoms with Crippen molar-refractivity contribution in [3.63, 3.8) is 0 Å². The molecule has 1 saturated carbocycles. The van der Waals surface area contributed by atoms with Crippen LogP contribution < -0.4 is 0 Å². The van der Waals surface area contributed by atoms with Crippen molar-refractivity contribution in [2.45, 2.75) is 64.2 Å². The van der Waals surface area contributed by atoms with E-state index in [-0.39, 0.29) is 0 Å². The Hall–Kier alpha value is -1.55. The van der Waals surface area contributed by atoms with Gasteiger partial charge in [-0.2, -0.15) is 5.26 Å². The molecule has 0 spiro atoms. The van der Waals surface area contributed by atoms with Crippen molar-refractivity contribution in [2.24, 2.45) is 0 Å². The first-order chi connectivity index (χ1) is 9.83. The fourth-order valence-electron chi connectivity index (χ4n) is 3.06. The van der Waals surface area contributed by atoms with Crippen molar-refractivity contribution in [1.82, 2.24) is 0 Å². The Morgan fingerprint density at radius 2 is 1.85 bits per heavy atom. The highest BCUT2D eigenvalue weighted by molar-refractivity contribution is 5.33. The molecule has 0 atom stereocenters. The first-order valence-corrected chi connectivity index (χ1v) is 8.01. The molecule has 0 aromatic heterocycles. The maximum Gasteiger partial charge on any atom is 0.0991 e. The average molecular weight is 267 g/mol. The summed E-state index contributed by atoms with van der Waals surface area (Å²) in [6.45, 7) is 2.26. The zero-order valence-corrected chi connectivity index (χ0v) is 12.6. The Kier molecular flexibility index (Phi) is 5.87. The first-order valence-electron chi connectivity index (χ1n) is 8.01. The monoisotopic (exact) mass is 267 g/mol. The van der Waals surface area contributed by atoms with Gasteiger partial charge in [0.15, 0.2) is 0 Å². The van der Waals surface area contributed by atoms with E-state index in [0.29, 0.717) is 5.92 Å². The quantitative estimate of drug-likeness (QED) is 0.494. The van der Waals surface area contributed by atoms with Gasteiger partial charge in [-0.1, -0.05) is 43.5 Å². The zero-order valence-electron chi connectivity index (χ0n) is 12.6. The highest BCUT2D eigenvalue weighted by Crippen LogP contribution is 2.35. The van der Waals surface area contributed by atoms with E-state index in [0.717, 1.165) is 5.56 Å². The van der Waals surface area contributed by atoms with E-state index in [2.05, 4.69) is 31.2 Å². The molecule has 1 aliphatic rings. The van der Waals surface area contributed by atoms with E-state index in [1.807, 2.05) is 12.1 Å². The predicted molar refractivity (Wildman–Crippen MR) is 84.6 cm³/mol. The van der Waals surface area contributed by atoms with Gasteiger partial charge in [-0.3, -0.25) is 0 Å². The van der Waals surface area contributed by atoms with Gasteiger partial charge in [0.1, 0.15) is 0 Å². The zero-order chi connectivity index (χ0) is 14.2. The Bertz CT molecular complexity index is 465. The molecule has 20 heavy (non-hydrogen) atoms. The molecule has 0 heterocycles. The minimum absolute atomic E-state index is 0.690. The SMILES string of the molecule is CCCCCC=C1CCC(c2ccc(C#N)cc2)CC1. The van der Waals surface area contributed by atoms with Crippen molar-refractivity contribution in [3.05, 3.63) is 47.0 Å². The van der Waals surface area contributed by atoms with E-state index in [4.69, 9.17) is 5.26 Å². The molecule has 0 aliphatic heterocycles. The van der Waals surface area contributed by atoms with Crippen molar-refractivity contribution in [3.8, 4) is 6.07 Å². The van der Waals surface area contributed by atoms with Crippen LogP contribution in [0.3, 0.4) is 0 Å². The van der Waals surface area contributed by atoms with Gasteiger partial charge >= 0.3 is 0 Å². The molecule has 1 aromatic rings. The Morgan fingerprint density at radius 3 is 2.45 bits per heavy atom. The maximum atomic E-state index is 8.84. The number of hydrogen-bond acceptors (Lipinski definition) is 1. The van der Waals surface area contributed by atoms with Gasteiger partial charge in [-0.05, 0) is 62.1 Å². The largest absolute Gasteiger partial charge is 0.192 e. The van der Waals surface area contributed by atoms with Gasteiger partial charge in [0.2, 0.25) is 0 Å². The molecular formula is C19H25N. The minimum Gasteiger partial charge on any atom is -0.192 e. The normalized spacial score (nSPS) is 18.6. The lowest BCUT2D eigenvalue weighted by molar-refractivity contribution is 0.514. The van der Waals surface area contributed by atoms with Crippen molar-refractivity contribution >= 4 is 0 Å². The van der Waals surface area contributed by atoms with Crippen LogP contribution in [-0.4, -0.2) is 0 Å². The molecule has 1 nitrogen and oxygen atoms in total. The highest BCUT2D eigenvalue weighted by atomic mass is 14.2. The summed E-state index contributed by atoms with van der Waals surface area (Å²) in [5, 5.41) is 8.84. The molecule has 1 heteroatoms. The summed E-state index contributed by atoms with van der Waals surface area (Å²) in [7, 11) is 0. The number of hydrogen-bond donors (Lipinski definition) is 0. The fraction of sp³-hybridized carbons (Fsp3) is 0.526. The lowest BCUT2D eigenvalue weighted by atomic mass is 9.81. The molecule has 1 fully saturated rings. The number of benzene rings is 1. The molecule has 2 rings (SSSR count). The topological polar surface area (TPSA) is 23.8 Å². The van der Waals surface area contributed by atoms with Gasteiger partial charge in [0, 0.05) is 0 Å². The average Bonchev–Trinajstić information content (AvgIpc) is 2.52. The summed E-state index contributed by atoms with van der Waals surface area (Å²) < 4.78 is 0. The molecular weight excluding hydrogens is 242 g/mol. The van der Waals surface area contributed by atoms with Gasteiger partial charge < -0.3 is 0 Å². The molecule has 0 amide bonds. The second-order valence-corrected chi connectivity index (χ2v) is 5.87. The summed E-state index contributed by atoms with van der Waals surface area (Å²) in [6.07, 6.45) is 12.8. The van der Waals surface area contributed by atoms with Crippen LogP contribution in [0.2, 0.25) is 0 Å². The fourth-order valence-corrected chi connectivity index (χ4v) is 3.06. The van der Waals surface area contributed by atoms with Gasteiger partial charge in [0.25, 0.3) is 0 Å². The third-order valence-electron chi connectivity index (χ3n) is 4.38. The minimum atomic E-state index is 0.690. The maximum absolute atomic E-state index is 8.84. The summed E-state index contributed by atoms with van der Waals surface area (Å²) in [5.74, 6) is 0.690. The molecule has 0 saturated heterocycles. The standard InChI is InChI=1S/C19H25N/c1-2-3-4-5-6-16-7-11-18(12-8-16)19-13-9-17(15-20)10-14-19/h6,9-10,13-14,18H,2-5,7-8,11-12H2,1H3. The Morgan fingerprint density at radius 1 is 1.15 bits per heavy atom. The van der Waals surface area contributed by atoms with Crippen LogP contribution in [0, 0.1) is 11.3 Å². The van der Waals surface area contributed by atoms with Crippen LogP contribution in [0.25, 0.3) is 0 Å². The van der Waals surface area contributed by atoms with E-state index >= 15 is 0 Å². The van der Waals surface area contributed by atoms with Crippen LogP contribution in [0.15, 0.2) is 35.9 Å². The third-order valence-corrected chi connectivity index (χ3v) is 4.38. The number of rotatable bonds is 5. The van der Waals surface area contributed by atoms with Crippen molar-refractivity contribution in [2.75, 3.05) is 0 Å². The second-order valence-electron chi connectivity index (χ2n) is 5.87. The van der Waals surface area contributed by atoms with Crippen LogP contribution in [0.1, 0.15) is 75.3 Å². The van der Waals surface area contributed by atoms with Crippen LogP contribution in [0.4, 0.5) is 0 Å². The predicted octanol–water partition coefficient (Wildman–Crippen LogP) is 5.72. The summed E-state index contributed by atoms with van der Waals surface area (Å²) >= 11 is 0. The van der Waals surface area contributed by atoms with E-state index in [1.165, 1.54) is 56.9 Å². The van der Waals surface area contributed by atoms with E-state index in [1.54, 1.807) is 5.57 Å². The van der Waals surface area contributed by atoms with Gasteiger partial charge in [-0.15, -0.1) is 0 Å². The Labute approximate surface area is 123 Å². The summed E-state index contributed by atoms with van der Waals surface area (Å²) in [4.78, 5) is 0. The van der Waals surface area contributed by atoms with Crippen LogP contribution in [0.5, 0.6) is 0 Å². The lowest BCUT2D eigenvalue weighted by Crippen LogP contribution is -2.06.